The largest absolute Gasteiger partial charge is 0.315 e. The van der Waals surface area contributed by atoms with Crippen molar-refractivity contribution in [1.82, 2.24) is 14.5 Å². The zero-order valence-electron chi connectivity index (χ0n) is 21.8. The Hall–Kier alpha value is -4.55. The van der Waals surface area contributed by atoms with Crippen LogP contribution in [0.15, 0.2) is 120 Å². The number of anilines is 1. The van der Waals surface area contributed by atoms with Gasteiger partial charge in [-0.15, -0.1) is 16.4 Å². The second-order valence-electron chi connectivity index (χ2n) is 9.35. The van der Waals surface area contributed by atoms with Gasteiger partial charge in [0.05, 0.1) is 16.7 Å². The molecular formula is C33H29N5S. The molecule has 0 fully saturated rings. The van der Waals surface area contributed by atoms with Crippen molar-refractivity contribution in [3.63, 3.8) is 0 Å². The van der Waals surface area contributed by atoms with Crippen LogP contribution in [0.3, 0.4) is 0 Å². The lowest BCUT2D eigenvalue weighted by Gasteiger charge is -2.11. The number of benzene rings is 4. The number of nitrogens with zero attached hydrogens (tertiary/aromatic N) is 4. The molecule has 6 rings (SSSR count). The van der Waals surface area contributed by atoms with Crippen LogP contribution < -0.4 is 10.2 Å². The van der Waals surface area contributed by atoms with Crippen LogP contribution >= 0.6 is 11.3 Å². The molecule has 0 aliphatic rings. The van der Waals surface area contributed by atoms with E-state index < -0.39 is 0 Å². The molecule has 0 aliphatic carbocycles. The third kappa shape index (κ3) is 5.38. The van der Waals surface area contributed by atoms with E-state index in [1.165, 1.54) is 22.4 Å². The third-order valence-electron chi connectivity index (χ3n) is 6.70. The van der Waals surface area contributed by atoms with E-state index in [2.05, 4.69) is 70.8 Å². The second-order valence-corrected chi connectivity index (χ2v) is 10.2. The Bertz CT molecular complexity index is 1750. The van der Waals surface area contributed by atoms with Crippen LogP contribution in [-0.4, -0.2) is 14.5 Å². The van der Waals surface area contributed by atoms with Crippen LogP contribution in [-0.2, 0) is 6.54 Å². The van der Waals surface area contributed by atoms with E-state index in [9.17, 15) is 0 Å². The number of fused-ring (bicyclic) bond motifs is 1. The number of unbranched alkanes of at least 4 members (excludes halogenated alkanes) is 1. The molecule has 0 unspecified atom stereocenters. The van der Waals surface area contributed by atoms with Crippen molar-refractivity contribution < 1.29 is 0 Å². The van der Waals surface area contributed by atoms with E-state index in [0.717, 1.165) is 46.5 Å². The van der Waals surface area contributed by atoms with E-state index in [-0.39, 0.29) is 0 Å². The number of para-hydroxylation sites is 2. The van der Waals surface area contributed by atoms with E-state index in [4.69, 9.17) is 15.1 Å². The fourth-order valence-corrected chi connectivity index (χ4v) is 5.52. The standard InChI is InChI=1S/C33H29N5S/c1-2-3-22-38-30(26-20-18-25(19-21-26)24-12-6-4-7-13-24)23-39-33(38)37-36-32-31(27-14-8-5-9-15-27)34-28-16-10-11-17-29(28)35-32/h4-21,23H,2-3,22H2,1H3,(H,35,36)/b37-33-. The molecule has 0 saturated carbocycles. The average Bonchev–Trinajstić information content (AvgIpc) is 3.42. The van der Waals surface area contributed by atoms with Gasteiger partial charge in [-0.3, -0.25) is 5.43 Å². The van der Waals surface area contributed by atoms with E-state index in [0.29, 0.717) is 5.82 Å². The second kappa shape index (κ2) is 11.5. The summed E-state index contributed by atoms with van der Waals surface area (Å²) in [7, 11) is 0. The number of rotatable bonds is 8. The van der Waals surface area contributed by atoms with Crippen molar-refractivity contribution in [3.05, 3.63) is 119 Å². The molecule has 39 heavy (non-hydrogen) atoms. The summed E-state index contributed by atoms with van der Waals surface area (Å²) in [6.45, 7) is 3.11. The summed E-state index contributed by atoms with van der Waals surface area (Å²) in [5, 5.41) is 7.05. The molecular weight excluding hydrogens is 498 g/mol. The third-order valence-corrected chi connectivity index (χ3v) is 7.56. The molecule has 6 heteroatoms. The van der Waals surface area contributed by atoms with Gasteiger partial charge in [-0.25, -0.2) is 9.97 Å². The highest BCUT2D eigenvalue weighted by atomic mass is 32.1. The van der Waals surface area contributed by atoms with Crippen LogP contribution in [0.5, 0.6) is 0 Å². The predicted molar refractivity (Wildman–Crippen MR) is 162 cm³/mol. The van der Waals surface area contributed by atoms with Gasteiger partial charge < -0.3 is 4.57 Å². The molecule has 192 valence electrons. The minimum Gasteiger partial charge on any atom is -0.315 e. The molecule has 2 aromatic heterocycles. The highest BCUT2D eigenvalue weighted by molar-refractivity contribution is 7.07. The zero-order chi connectivity index (χ0) is 26.4. The van der Waals surface area contributed by atoms with Crippen LogP contribution in [0.4, 0.5) is 5.82 Å². The fourth-order valence-electron chi connectivity index (χ4n) is 4.62. The van der Waals surface area contributed by atoms with Crippen molar-refractivity contribution in [1.29, 1.82) is 0 Å². The first-order valence-corrected chi connectivity index (χ1v) is 14.1. The minimum atomic E-state index is 0.643. The molecule has 1 N–H and O–H groups in total. The average molecular weight is 528 g/mol. The van der Waals surface area contributed by atoms with Crippen molar-refractivity contribution in [2.75, 3.05) is 5.43 Å². The topological polar surface area (TPSA) is 55.1 Å². The Kier molecular flexibility index (Phi) is 7.28. The number of nitrogens with one attached hydrogen (secondary N) is 1. The summed E-state index contributed by atoms with van der Waals surface area (Å²) in [6, 6.07) is 37.3. The molecule has 0 spiro atoms. The fraction of sp³-hybridized carbons (Fsp3) is 0.121. The van der Waals surface area contributed by atoms with E-state index in [1.807, 2.05) is 60.7 Å². The first-order chi connectivity index (χ1) is 19.3. The number of hydrogen-bond donors (Lipinski definition) is 1. The van der Waals surface area contributed by atoms with Gasteiger partial charge in [-0.05, 0) is 35.2 Å². The number of aromatic nitrogens is 3. The molecule has 0 saturated heterocycles. The van der Waals surface area contributed by atoms with Gasteiger partial charge >= 0.3 is 0 Å². The Labute approximate surface area is 232 Å². The van der Waals surface area contributed by atoms with Crippen molar-refractivity contribution in [2.45, 2.75) is 26.3 Å². The predicted octanol–water partition coefficient (Wildman–Crippen LogP) is 8.22. The van der Waals surface area contributed by atoms with Gasteiger partial charge in [-0.2, -0.15) is 0 Å². The van der Waals surface area contributed by atoms with Gasteiger partial charge in [0.2, 0.25) is 4.80 Å². The van der Waals surface area contributed by atoms with Crippen LogP contribution in [0, 0.1) is 0 Å². The molecule has 0 radical (unpaired) electrons. The van der Waals surface area contributed by atoms with Crippen molar-refractivity contribution in [3.8, 4) is 33.6 Å². The van der Waals surface area contributed by atoms with Gasteiger partial charge in [-0.1, -0.05) is 110 Å². The van der Waals surface area contributed by atoms with Gasteiger partial charge in [0.1, 0.15) is 5.69 Å². The van der Waals surface area contributed by atoms with Crippen molar-refractivity contribution in [2.24, 2.45) is 5.10 Å². The molecule has 2 heterocycles. The minimum absolute atomic E-state index is 0.643. The lowest BCUT2D eigenvalue weighted by Crippen LogP contribution is -2.18. The maximum absolute atomic E-state index is 4.93. The monoisotopic (exact) mass is 527 g/mol. The SMILES string of the molecule is CCCCn1c(-c2ccc(-c3ccccc3)cc2)cs/c1=N\Nc1nc2ccccc2nc1-c1ccccc1. The highest BCUT2D eigenvalue weighted by Crippen LogP contribution is 2.28. The quantitative estimate of drug-likeness (QED) is 0.203. The summed E-state index contributed by atoms with van der Waals surface area (Å²) in [5.41, 5.74) is 11.5. The molecule has 0 bridgehead atoms. The lowest BCUT2D eigenvalue weighted by molar-refractivity contribution is 0.622. The first-order valence-electron chi connectivity index (χ1n) is 13.3. The molecule has 0 aliphatic heterocycles. The Balaban J connectivity index is 1.38. The number of hydrogen-bond acceptors (Lipinski definition) is 5. The zero-order valence-corrected chi connectivity index (χ0v) is 22.6. The first kappa shape index (κ1) is 24.8. The number of thiazole rings is 1. The molecule has 4 aromatic carbocycles. The summed E-state index contributed by atoms with van der Waals surface area (Å²) >= 11 is 1.63. The molecule has 0 atom stereocenters. The maximum atomic E-state index is 4.93. The highest BCUT2D eigenvalue weighted by Gasteiger charge is 2.12. The summed E-state index contributed by atoms with van der Waals surface area (Å²) in [5.74, 6) is 0.643. The summed E-state index contributed by atoms with van der Waals surface area (Å²) < 4.78 is 2.30. The smallest absolute Gasteiger partial charge is 0.208 e. The van der Waals surface area contributed by atoms with Crippen LogP contribution in [0.1, 0.15) is 19.8 Å². The summed E-state index contributed by atoms with van der Waals surface area (Å²) in [6.07, 6.45) is 2.18. The molecule has 0 amide bonds. The Morgan fingerprint density at radius 2 is 1.28 bits per heavy atom. The van der Waals surface area contributed by atoms with Gasteiger partial charge in [0.25, 0.3) is 0 Å². The lowest BCUT2D eigenvalue weighted by atomic mass is 10.0. The Morgan fingerprint density at radius 3 is 1.97 bits per heavy atom. The van der Waals surface area contributed by atoms with Gasteiger partial charge in [0, 0.05) is 17.5 Å². The van der Waals surface area contributed by atoms with E-state index in [1.54, 1.807) is 11.3 Å². The van der Waals surface area contributed by atoms with Crippen LogP contribution in [0.25, 0.3) is 44.7 Å². The Morgan fingerprint density at radius 1 is 0.692 bits per heavy atom. The van der Waals surface area contributed by atoms with Crippen molar-refractivity contribution >= 4 is 28.2 Å². The summed E-state index contributed by atoms with van der Waals surface area (Å²) in [4.78, 5) is 10.7. The molecule has 5 nitrogen and oxygen atoms in total. The van der Waals surface area contributed by atoms with Crippen LogP contribution in [0.2, 0.25) is 0 Å². The normalized spacial score (nSPS) is 11.7. The molecule has 6 aromatic rings. The maximum Gasteiger partial charge on any atom is 0.208 e. The van der Waals surface area contributed by atoms with Gasteiger partial charge in [0.15, 0.2) is 5.82 Å². The van der Waals surface area contributed by atoms with E-state index >= 15 is 0 Å².